The SMILES string of the molecule is Cc1c(C#N)cn(Cc2cc(Cl)n[nH]2)c1C. The van der Waals surface area contributed by atoms with E-state index in [0.29, 0.717) is 17.3 Å². The van der Waals surface area contributed by atoms with Gasteiger partial charge < -0.3 is 4.57 Å². The predicted octanol–water partition coefficient (Wildman–Crippen LogP) is 2.40. The summed E-state index contributed by atoms with van der Waals surface area (Å²) in [5.41, 5.74) is 3.74. The number of nitrogens with zero attached hydrogens (tertiary/aromatic N) is 3. The standard InChI is InChI=1S/C11H11ClN4/c1-7-8(2)16(5-9(7)4-13)6-10-3-11(12)15-14-10/h3,5H,6H2,1-2H3,(H,14,15). The van der Waals surface area contributed by atoms with Gasteiger partial charge in [-0.2, -0.15) is 10.4 Å². The molecule has 0 aliphatic heterocycles. The van der Waals surface area contributed by atoms with Crippen molar-refractivity contribution in [3.8, 4) is 6.07 Å². The van der Waals surface area contributed by atoms with Gasteiger partial charge >= 0.3 is 0 Å². The Balaban J connectivity index is 2.32. The molecule has 2 aromatic rings. The molecule has 0 bridgehead atoms. The molecule has 2 rings (SSSR count). The molecule has 0 spiro atoms. The van der Waals surface area contributed by atoms with Crippen molar-refractivity contribution in [3.63, 3.8) is 0 Å². The quantitative estimate of drug-likeness (QED) is 0.868. The van der Waals surface area contributed by atoms with Crippen LogP contribution in [0.5, 0.6) is 0 Å². The average molecular weight is 235 g/mol. The third-order valence-electron chi connectivity index (χ3n) is 2.72. The summed E-state index contributed by atoms with van der Waals surface area (Å²) in [6, 6.07) is 3.95. The molecule has 0 atom stereocenters. The van der Waals surface area contributed by atoms with Crippen LogP contribution in [-0.4, -0.2) is 14.8 Å². The van der Waals surface area contributed by atoms with Crippen LogP contribution in [0.25, 0.3) is 0 Å². The minimum absolute atomic E-state index is 0.456. The zero-order chi connectivity index (χ0) is 11.7. The van der Waals surface area contributed by atoms with E-state index in [2.05, 4.69) is 16.3 Å². The van der Waals surface area contributed by atoms with Gasteiger partial charge in [-0.3, -0.25) is 5.10 Å². The summed E-state index contributed by atoms with van der Waals surface area (Å²) in [5.74, 6) is 0. The molecule has 0 radical (unpaired) electrons. The Bertz CT molecular complexity index is 559. The molecule has 1 N–H and O–H groups in total. The lowest BCUT2D eigenvalue weighted by molar-refractivity contribution is 0.747. The average Bonchev–Trinajstić information content (AvgIpc) is 2.78. The van der Waals surface area contributed by atoms with Crippen LogP contribution in [0.2, 0.25) is 5.15 Å². The summed E-state index contributed by atoms with van der Waals surface area (Å²) in [6.07, 6.45) is 1.85. The molecule has 0 unspecified atom stereocenters. The fraction of sp³-hybridized carbons (Fsp3) is 0.273. The van der Waals surface area contributed by atoms with Crippen LogP contribution < -0.4 is 0 Å². The fourth-order valence-corrected chi connectivity index (χ4v) is 1.81. The number of H-pyrrole nitrogens is 1. The molecule has 0 saturated carbocycles. The van der Waals surface area contributed by atoms with Crippen LogP contribution in [0.4, 0.5) is 0 Å². The van der Waals surface area contributed by atoms with Crippen LogP contribution in [0.1, 0.15) is 22.5 Å². The highest BCUT2D eigenvalue weighted by Gasteiger charge is 2.09. The van der Waals surface area contributed by atoms with E-state index in [1.807, 2.05) is 24.6 Å². The van der Waals surface area contributed by atoms with Gasteiger partial charge in [0, 0.05) is 11.9 Å². The molecule has 4 nitrogen and oxygen atoms in total. The zero-order valence-electron chi connectivity index (χ0n) is 9.08. The number of hydrogen-bond acceptors (Lipinski definition) is 2. The van der Waals surface area contributed by atoms with Crippen LogP contribution in [-0.2, 0) is 6.54 Å². The Hall–Kier alpha value is -1.73. The first-order chi connectivity index (χ1) is 7.61. The van der Waals surface area contributed by atoms with E-state index in [1.54, 1.807) is 6.07 Å². The number of halogens is 1. The van der Waals surface area contributed by atoms with E-state index in [9.17, 15) is 0 Å². The van der Waals surface area contributed by atoms with Crippen molar-refractivity contribution in [1.82, 2.24) is 14.8 Å². The van der Waals surface area contributed by atoms with Crippen molar-refractivity contribution in [1.29, 1.82) is 5.26 Å². The van der Waals surface area contributed by atoms with Crippen molar-refractivity contribution in [2.24, 2.45) is 0 Å². The van der Waals surface area contributed by atoms with Crippen molar-refractivity contribution < 1.29 is 0 Å². The van der Waals surface area contributed by atoms with Crippen molar-refractivity contribution in [3.05, 3.63) is 39.9 Å². The van der Waals surface area contributed by atoms with Gasteiger partial charge in [0.1, 0.15) is 6.07 Å². The first-order valence-corrected chi connectivity index (χ1v) is 5.26. The van der Waals surface area contributed by atoms with E-state index in [4.69, 9.17) is 16.9 Å². The first-order valence-electron chi connectivity index (χ1n) is 4.88. The van der Waals surface area contributed by atoms with Crippen molar-refractivity contribution >= 4 is 11.6 Å². The molecule has 0 fully saturated rings. The maximum atomic E-state index is 8.92. The van der Waals surface area contributed by atoms with Gasteiger partial charge in [-0.15, -0.1) is 0 Å². The third kappa shape index (κ3) is 1.82. The molecule has 0 aliphatic rings. The lowest BCUT2D eigenvalue weighted by Crippen LogP contribution is -2.00. The Morgan fingerprint density at radius 2 is 2.31 bits per heavy atom. The topological polar surface area (TPSA) is 57.4 Å². The zero-order valence-corrected chi connectivity index (χ0v) is 9.84. The second-order valence-corrected chi connectivity index (χ2v) is 4.10. The van der Waals surface area contributed by atoms with E-state index < -0.39 is 0 Å². The Labute approximate surface area is 98.5 Å². The lowest BCUT2D eigenvalue weighted by atomic mass is 10.2. The summed E-state index contributed by atoms with van der Waals surface area (Å²) in [6.45, 7) is 4.59. The monoisotopic (exact) mass is 234 g/mol. The van der Waals surface area contributed by atoms with E-state index in [1.165, 1.54) is 0 Å². The Kier molecular flexibility index (Phi) is 2.71. The van der Waals surface area contributed by atoms with Crippen LogP contribution >= 0.6 is 11.6 Å². The first kappa shape index (κ1) is 10.8. The number of hydrogen-bond donors (Lipinski definition) is 1. The number of aromatic nitrogens is 3. The summed E-state index contributed by atoms with van der Waals surface area (Å²) in [5, 5.41) is 16.1. The van der Waals surface area contributed by atoms with Gasteiger partial charge in [0.2, 0.25) is 0 Å². The van der Waals surface area contributed by atoms with Crippen molar-refractivity contribution in [2.75, 3.05) is 0 Å². The van der Waals surface area contributed by atoms with Crippen LogP contribution in [0.3, 0.4) is 0 Å². The molecule has 82 valence electrons. The Morgan fingerprint density at radius 3 is 2.81 bits per heavy atom. The van der Waals surface area contributed by atoms with Gasteiger partial charge in [0.05, 0.1) is 17.8 Å². The molecule has 16 heavy (non-hydrogen) atoms. The van der Waals surface area contributed by atoms with E-state index in [0.717, 1.165) is 17.0 Å². The van der Waals surface area contributed by atoms with Gasteiger partial charge in [-0.05, 0) is 25.5 Å². The second kappa shape index (κ2) is 4.03. The third-order valence-corrected chi connectivity index (χ3v) is 2.92. The van der Waals surface area contributed by atoms with Gasteiger partial charge in [0.15, 0.2) is 5.15 Å². The number of aromatic amines is 1. The summed E-state index contributed by atoms with van der Waals surface area (Å²) >= 11 is 5.73. The van der Waals surface area contributed by atoms with Gasteiger partial charge in [0.25, 0.3) is 0 Å². The number of nitriles is 1. The summed E-state index contributed by atoms with van der Waals surface area (Å²) in [4.78, 5) is 0. The number of rotatable bonds is 2. The fourth-order valence-electron chi connectivity index (χ4n) is 1.63. The molecule has 0 saturated heterocycles. The highest BCUT2D eigenvalue weighted by atomic mass is 35.5. The Morgan fingerprint density at radius 1 is 1.56 bits per heavy atom. The molecule has 0 aromatic carbocycles. The maximum absolute atomic E-state index is 8.92. The lowest BCUT2D eigenvalue weighted by Gasteiger charge is -2.03. The smallest absolute Gasteiger partial charge is 0.151 e. The molecule has 0 aliphatic carbocycles. The maximum Gasteiger partial charge on any atom is 0.151 e. The van der Waals surface area contributed by atoms with E-state index in [-0.39, 0.29) is 0 Å². The molecule has 5 heteroatoms. The normalized spacial score (nSPS) is 10.4. The molecule has 2 heterocycles. The minimum atomic E-state index is 0.456. The summed E-state index contributed by atoms with van der Waals surface area (Å²) < 4.78 is 2.01. The predicted molar refractivity (Wildman–Crippen MR) is 61.3 cm³/mol. The molecular formula is C11H11ClN4. The molecule has 2 aromatic heterocycles. The second-order valence-electron chi connectivity index (χ2n) is 3.71. The highest BCUT2D eigenvalue weighted by molar-refractivity contribution is 6.29. The highest BCUT2D eigenvalue weighted by Crippen LogP contribution is 2.16. The molecule has 0 amide bonds. The van der Waals surface area contributed by atoms with Crippen LogP contribution in [0.15, 0.2) is 12.3 Å². The largest absolute Gasteiger partial charge is 0.344 e. The van der Waals surface area contributed by atoms with Gasteiger partial charge in [-0.25, -0.2) is 0 Å². The van der Waals surface area contributed by atoms with Crippen molar-refractivity contribution in [2.45, 2.75) is 20.4 Å². The molecular weight excluding hydrogens is 224 g/mol. The van der Waals surface area contributed by atoms with Gasteiger partial charge in [-0.1, -0.05) is 11.6 Å². The van der Waals surface area contributed by atoms with E-state index >= 15 is 0 Å². The minimum Gasteiger partial charge on any atom is -0.344 e. The number of nitrogens with one attached hydrogen (secondary N) is 1. The van der Waals surface area contributed by atoms with Crippen LogP contribution in [0, 0.1) is 25.2 Å². The summed E-state index contributed by atoms with van der Waals surface area (Å²) in [7, 11) is 0.